The van der Waals surface area contributed by atoms with Gasteiger partial charge in [0.25, 0.3) is 0 Å². The molecular weight excluding hydrogens is 150 g/mol. The van der Waals surface area contributed by atoms with Gasteiger partial charge in [0.1, 0.15) is 0 Å². The van der Waals surface area contributed by atoms with E-state index in [2.05, 4.69) is 21.4 Å². The molecule has 0 bridgehead atoms. The zero-order valence-corrected chi connectivity index (χ0v) is 6.98. The Kier molecular flexibility index (Phi) is 2.21. The van der Waals surface area contributed by atoms with E-state index in [4.69, 9.17) is 0 Å². The predicted octanol–water partition coefficient (Wildman–Crippen LogP) is 1.63. The highest BCUT2D eigenvalue weighted by molar-refractivity contribution is 5.31. The van der Waals surface area contributed by atoms with Crippen LogP contribution in [-0.2, 0) is 0 Å². The molecule has 1 saturated heterocycles. The first-order valence-corrected chi connectivity index (χ1v) is 4.34. The fraction of sp³-hybridized carbons (Fsp3) is 0.444. The molecule has 1 aromatic rings. The first-order chi connectivity index (χ1) is 5.97. The Morgan fingerprint density at radius 3 is 2.67 bits per heavy atom. The highest BCUT2D eigenvalue weighted by atomic mass is 15.2. The number of aromatic nitrogens is 2. The molecule has 2 rings (SSSR count). The van der Waals surface area contributed by atoms with E-state index in [1.807, 2.05) is 6.07 Å². The highest BCUT2D eigenvalue weighted by Gasteiger charge is 2.12. The maximum atomic E-state index is 4.19. The van der Waals surface area contributed by atoms with Crippen LogP contribution < -0.4 is 4.90 Å². The van der Waals surface area contributed by atoms with Crippen molar-refractivity contribution in [3.8, 4) is 0 Å². The topological polar surface area (TPSA) is 29.0 Å². The molecule has 63 valence electrons. The molecule has 3 heteroatoms. The molecule has 3 nitrogen and oxygen atoms in total. The number of hydrogen-bond donors (Lipinski definition) is 0. The van der Waals surface area contributed by atoms with Gasteiger partial charge in [0, 0.05) is 18.9 Å². The molecule has 0 aromatic carbocycles. The van der Waals surface area contributed by atoms with E-state index in [-0.39, 0.29) is 0 Å². The van der Waals surface area contributed by atoms with Crippen molar-refractivity contribution < 1.29 is 0 Å². The molecule has 1 aliphatic heterocycles. The molecular formula is C9H12N3. The minimum atomic E-state index is 0.831. The molecule has 12 heavy (non-hydrogen) atoms. The van der Waals surface area contributed by atoms with Crippen LogP contribution >= 0.6 is 0 Å². The van der Waals surface area contributed by atoms with Gasteiger partial charge in [0.15, 0.2) is 0 Å². The third-order valence-corrected chi connectivity index (χ3v) is 2.01. The smallest absolute Gasteiger partial charge is 0.225 e. The third kappa shape index (κ3) is 1.55. The molecule has 1 aliphatic rings. The van der Waals surface area contributed by atoms with Crippen LogP contribution in [0.2, 0.25) is 0 Å². The first-order valence-electron chi connectivity index (χ1n) is 4.34. The Morgan fingerprint density at radius 1 is 1.17 bits per heavy atom. The number of rotatable bonds is 1. The summed E-state index contributed by atoms with van der Waals surface area (Å²) in [4.78, 5) is 10.5. The second kappa shape index (κ2) is 3.52. The summed E-state index contributed by atoms with van der Waals surface area (Å²) in [6, 6.07) is 1.84. The quantitative estimate of drug-likeness (QED) is 0.628. The molecule has 0 N–H and O–H groups in total. The van der Waals surface area contributed by atoms with Crippen molar-refractivity contribution in [2.75, 3.05) is 11.4 Å². The van der Waals surface area contributed by atoms with Gasteiger partial charge in [0.05, 0.1) is 6.54 Å². The summed E-state index contributed by atoms with van der Waals surface area (Å²) in [7, 11) is 0. The molecule has 1 aromatic heterocycles. The van der Waals surface area contributed by atoms with Gasteiger partial charge in [-0.25, -0.2) is 9.97 Å². The van der Waals surface area contributed by atoms with Crippen LogP contribution in [0, 0.1) is 6.54 Å². The van der Waals surface area contributed by atoms with Crippen molar-refractivity contribution in [2.24, 2.45) is 0 Å². The van der Waals surface area contributed by atoms with E-state index in [1.165, 1.54) is 12.8 Å². The molecule has 0 spiro atoms. The van der Waals surface area contributed by atoms with Crippen molar-refractivity contribution in [3.05, 3.63) is 25.0 Å². The van der Waals surface area contributed by atoms with Crippen LogP contribution in [0.5, 0.6) is 0 Å². The summed E-state index contributed by atoms with van der Waals surface area (Å²) in [5.74, 6) is 0.831. The summed E-state index contributed by atoms with van der Waals surface area (Å²) in [5.41, 5.74) is 0. The van der Waals surface area contributed by atoms with E-state index in [0.717, 1.165) is 18.9 Å². The van der Waals surface area contributed by atoms with E-state index in [0.29, 0.717) is 0 Å². The van der Waals surface area contributed by atoms with Gasteiger partial charge >= 0.3 is 0 Å². The maximum absolute atomic E-state index is 4.19. The predicted molar refractivity (Wildman–Crippen MR) is 47.5 cm³/mol. The Morgan fingerprint density at radius 2 is 2.00 bits per heavy atom. The molecule has 0 aliphatic carbocycles. The van der Waals surface area contributed by atoms with Gasteiger partial charge in [-0.3, -0.25) is 0 Å². The van der Waals surface area contributed by atoms with Crippen LogP contribution in [0.25, 0.3) is 0 Å². The van der Waals surface area contributed by atoms with Crippen LogP contribution in [0.1, 0.15) is 19.3 Å². The molecule has 0 amide bonds. The molecule has 1 fully saturated rings. The van der Waals surface area contributed by atoms with Gasteiger partial charge in [-0.2, -0.15) is 0 Å². The molecule has 0 unspecified atom stereocenters. The molecule has 0 atom stereocenters. The molecule has 1 radical (unpaired) electrons. The Balaban J connectivity index is 2.08. The minimum absolute atomic E-state index is 0.831. The van der Waals surface area contributed by atoms with Crippen molar-refractivity contribution in [1.82, 2.24) is 9.97 Å². The second-order valence-corrected chi connectivity index (χ2v) is 2.92. The Hall–Kier alpha value is -1.12. The molecule has 0 saturated carbocycles. The largest absolute Gasteiger partial charge is 0.336 e. The van der Waals surface area contributed by atoms with Crippen molar-refractivity contribution >= 4 is 5.95 Å². The van der Waals surface area contributed by atoms with Gasteiger partial charge < -0.3 is 4.90 Å². The first kappa shape index (κ1) is 7.53. The normalized spacial score (nSPS) is 17.8. The average Bonchev–Trinajstić information content (AvgIpc) is 2.21. The maximum Gasteiger partial charge on any atom is 0.225 e. The third-order valence-electron chi connectivity index (χ3n) is 2.01. The summed E-state index contributed by atoms with van der Waals surface area (Å²) in [5, 5.41) is 0. The minimum Gasteiger partial charge on any atom is -0.336 e. The van der Waals surface area contributed by atoms with Crippen LogP contribution in [-0.4, -0.2) is 16.5 Å². The highest BCUT2D eigenvalue weighted by Crippen LogP contribution is 2.17. The van der Waals surface area contributed by atoms with Crippen molar-refractivity contribution in [3.63, 3.8) is 0 Å². The Labute approximate surface area is 72.4 Å². The average molecular weight is 162 g/mol. The lowest BCUT2D eigenvalue weighted by molar-refractivity contribution is 0.623. The molecule has 2 heterocycles. The fourth-order valence-corrected chi connectivity index (χ4v) is 1.39. The van der Waals surface area contributed by atoms with Crippen molar-refractivity contribution in [1.29, 1.82) is 0 Å². The zero-order valence-electron chi connectivity index (χ0n) is 6.98. The number of nitrogens with zero attached hydrogens (tertiary/aromatic N) is 3. The summed E-state index contributed by atoms with van der Waals surface area (Å²) >= 11 is 0. The van der Waals surface area contributed by atoms with Gasteiger partial charge in [-0.05, 0) is 25.3 Å². The van der Waals surface area contributed by atoms with E-state index in [9.17, 15) is 0 Å². The SMILES string of the molecule is [CH]1CCCCN1c1ncccn1. The lowest BCUT2D eigenvalue weighted by Crippen LogP contribution is -2.26. The van der Waals surface area contributed by atoms with E-state index in [1.54, 1.807) is 12.4 Å². The summed E-state index contributed by atoms with van der Waals surface area (Å²) in [6.07, 6.45) is 7.26. The van der Waals surface area contributed by atoms with Crippen LogP contribution in [0.15, 0.2) is 18.5 Å². The lowest BCUT2D eigenvalue weighted by Gasteiger charge is -2.25. The second-order valence-electron chi connectivity index (χ2n) is 2.92. The number of piperidine rings is 1. The standard InChI is InChI=1S/C9H12N3/c1-2-7-12(8-3-1)9-10-5-4-6-11-9/h4-7H,1-3,8H2. The number of anilines is 1. The van der Waals surface area contributed by atoms with Crippen LogP contribution in [0.4, 0.5) is 5.95 Å². The monoisotopic (exact) mass is 162 g/mol. The van der Waals surface area contributed by atoms with Gasteiger partial charge in [0.2, 0.25) is 5.95 Å². The summed E-state index contributed by atoms with van der Waals surface area (Å²) in [6.45, 7) is 3.24. The fourth-order valence-electron chi connectivity index (χ4n) is 1.39. The summed E-state index contributed by atoms with van der Waals surface area (Å²) < 4.78 is 0. The van der Waals surface area contributed by atoms with Crippen molar-refractivity contribution in [2.45, 2.75) is 19.3 Å². The van der Waals surface area contributed by atoms with E-state index >= 15 is 0 Å². The Bertz CT molecular complexity index is 229. The van der Waals surface area contributed by atoms with E-state index < -0.39 is 0 Å². The zero-order chi connectivity index (χ0) is 8.23. The van der Waals surface area contributed by atoms with Crippen LogP contribution in [0.3, 0.4) is 0 Å². The number of hydrogen-bond acceptors (Lipinski definition) is 3. The van der Waals surface area contributed by atoms with Gasteiger partial charge in [-0.15, -0.1) is 0 Å². The lowest BCUT2D eigenvalue weighted by atomic mass is 10.1. The van der Waals surface area contributed by atoms with Gasteiger partial charge in [-0.1, -0.05) is 0 Å².